The molecule has 0 aromatic rings. The van der Waals surface area contributed by atoms with Crippen molar-refractivity contribution in [3.8, 4) is 0 Å². The van der Waals surface area contributed by atoms with E-state index in [0.29, 0.717) is 0 Å². The number of hydrogen-bond donors (Lipinski definition) is 4. The minimum atomic E-state index is -1.33. The zero-order valence-electron chi connectivity index (χ0n) is 15.1. The second-order valence-electron chi connectivity index (χ2n) is 5.80. The van der Waals surface area contributed by atoms with Crippen molar-refractivity contribution in [2.45, 2.75) is 31.5 Å². The molecule has 11 heteroatoms. The monoisotopic (exact) mass is 397 g/mol. The van der Waals surface area contributed by atoms with Gasteiger partial charge in [-0.2, -0.15) is 0 Å². The van der Waals surface area contributed by atoms with Crippen molar-refractivity contribution in [3.05, 3.63) is 24.8 Å². The maximum absolute atomic E-state index is 11.8. The summed E-state index contributed by atoms with van der Waals surface area (Å²) in [4.78, 5) is 58.6. The Morgan fingerprint density at radius 3 is 2.57 bits per heavy atom. The van der Waals surface area contributed by atoms with Crippen molar-refractivity contribution in [1.29, 1.82) is 0 Å². The molecule has 0 radical (unpaired) electrons. The molecule has 0 aliphatic carbocycles. The zero-order valence-corrected chi connectivity index (χ0v) is 15.1. The van der Waals surface area contributed by atoms with Crippen LogP contribution in [-0.4, -0.2) is 76.7 Å². The van der Waals surface area contributed by atoms with E-state index in [4.69, 9.17) is 9.84 Å². The van der Waals surface area contributed by atoms with Gasteiger partial charge in [0.1, 0.15) is 18.9 Å². The lowest BCUT2D eigenvalue weighted by Gasteiger charge is -2.20. The molecule has 154 valence electrons. The zero-order chi connectivity index (χ0) is 21.1. The van der Waals surface area contributed by atoms with Crippen molar-refractivity contribution in [2.24, 2.45) is 0 Å². The molecular formula is C17H23N3O8. The van der Waals surface area contributed by atoms with E-state index in [1.807, 2.05) is 0 Å². The summed E-state index contributed by atoms with van der Waals surface area (Å²) in [5.74, 6) is -3.68. The molecule has 1 heterocycles. The lowest BCUT2D eigenvalue weighted by atomic mass is 10.1. The Hall–Kier alpha value is -3.21. The van der Waals surface area contributed by atoms with E-state index < -0.39 is 48.5 Å². The molecule has 0 aromatic heterocycles. The van der Waals surface area contributed by atoms with Crippen molar-refractivity contribution in [3.63, 3.8) is 0 Å². The Bertz CT molecular complexity index is 661. The SMILES string of the molecule is C=CCOC(=O)CC[C@H](NC(=O)CNC(=O)CCN1C(=O)C=CC1O)C(=O)O. The van der Waals surface area contributed by atoms with Gasteiger partial charge in [0.15, 0.2) is 0 Å². The first-order valence-electron chi connectivity index (χ1n) is 8.46. The Balaban J connectivity index is 2.32. The van der Waals surface area contributed by atoms with Crippen LogP contribution in [-0.2, 0) is 28.7 Å². The summed E-state index contributed by atoms with van der Waals surface area (Å²) < 4.78 is 4.72. The molecule has 2 atom stereocenters. The summed E-state index contributed by atoms with van der Waals surface area (Å²) in [6, 6.07) is -1.32. The average Bonchev–Trinajstić information content (AvgIpc) is 2.97. The molecule has 1 aliphatic rings. The highest BCUT2D eigenvalue weighted by Crippen LogP contribution is 2.08. The number of amides is 3. The molecule has 0 bridgehead atoms. The molecule has 28 heavy (non-hydrogen) atoms. The number of hydrogen-bond acceptors (Lipinski definition) is 7. The first kappa shape index (κ1) is 22.8. The second-order valence-corrected chi connectivity index (χ2v) is 5.80. The molecule has 0 spiro atoms. The fourth-order valence-electron chi connectivity index (χ4n) is 2.22. The predicted molar refractivity (Wildman–Crippen MR) is 94.4 cm³/mol. The topological polar surface area (TPSA) is 162 Å². The van der Waals surface area contributed by atoms with E-state index in [9.17, 15) is 29.1 Å². The van der Waals surface area contributed by atoms with E-state index in [2.05, 4.69) is 17.2 Å². The van der Waals surface area contributed by atoms with Crippen LogP contribution in [0.5, 0.6) is 0 Å². The van der Waals surface area contributed by atoms with Crippen LogP contribution in [0, 0.1) is 0 Å². The maximum atomic E-state index is 11.8. The second kappa shape index (κ2) is 11.5. The molecule has 0 saturated carbocycles. The summed E-state index contributed by atoms with van der Waals surface area (Å²) in [6.07, 6.45) is 2.23. The van der Waals surface area contributed by atoms with E-state index in [1.54, 1.807) is 0 Å². The number of aliphatic carboxylic acids is 1. The molecule has 1 rings (SSSR count). The summed E-state index contributed by atoms with van der Waals surface area (Å²) in [6.45, 7) is 2.87. The summed E-state index contributed by atoms with van der Waals surface area (Å²) >= 11 is 0. The van der Waals surface area contributed by atoms with Crippen molar-refractivity contribution in [2.75, 3.05) is 19.7 Å². The van der Waals surface area contributed by atoms with Crippen LogP contribution < -0.4 is 10.6 Å². The van der Waals surface area contributed by atoms with E-state index >= 15 is 0 Å². The molecule has 1 aliphatic heterocycles. The lowest BCUT2D eigenvalue weighted by Crippen LogP contribution is -2.46. The maximum Gasteiger partial charge on any atom is 0.326 e. The number of rotatable bonds is 12. The van der Waals surface area contributed by atoms with Crippen LogP contribution in [0.1, 0.15) is 19.3 Å². The number of carboxylic acid groups (broad SMARTS) is 1. The highest BCUT2D eigenvalue weighted by molar-refractivity contribution is 5.91. The third kappa shape index (κ3) is 7.99. The van der Waals surface area contributed by atoms with Crippen LogP contribution >= 0.6 is 0 Å². The average molecular weight is 397 g/mol. The van der Waals surface area contributed by atoms with Crippen LogP contribution in [0.4, 0.5) is 0 Å². The quantitative estimate of drug-likeness (QED) is 0.223. The number of aliphatic hydroxyl groups excluding tert-OH is 1. The number of carbonyl (C=O) groups excluding carboxylic acids is 4. The van der Waals surface area contributed by atoms with E-state index in [0.717, 1.165) is 4.90 Å². The minimum absolute atomic E-state index is 0.00504. The summed E-state index contributed by atoms with van der Waals surface area (Å²) in [5, 5.41) is 23.1. The molecule has 4 N–H and O–H groups in total. The van der Waals surface area contributed by atoms with Crippen molar-refractivity contribution < 1.29 is 38.9 Å². The highest BCUT2D eigenvalue weighted by atomic mass is 16.5. The standard InChI is InChI=1S/C17H23N3O8/c1-2-9-28-16(25)6-3-11(17(26)27)19-13(22)10-18-12(21)7-8-20-14(23)4-5-15(20)24/h2,4-5,11,14,23H,1,3,6-10H2,(H,18,21)(H,19,22)(H,26,27)/t11-,14?/m0/s1. The van der Waals surface area contributed by atoms with Crippen LogP contribution in [0.25, 0.3) is 0 Å². The van der Waals surface area contributed by atoms with Gasteiger partial charge < -0.3 is 30.5 Å². The number of ether oxygens (including phenoxy) is 1. The van der Waals surface area contributed by atoms with Gasteiger partial charge in [-0.25, -0.2) is 4.79 Å². The Morgan fingerprint density at radius 2 is 2.00 bits per heavy atom. The number of esters is 1. The molecule has 0 aromatic carbocycles. The van der Waals surface area contributed by atoms with Gasteiger partial charge in [0, 0.05) is 25.5 Å². The summed E-state index contributed by atoms with van der Waals surface area (Å²) in [5.41, 5.74) is 0. The summed E-state index contributed by atoms with van der Waals surface area (Å²) in [7, 11) is 0. The van der Waals surface area contributed by atoms with Gasteiger partial charge in [-0.3, -0.25) is 19.2 Å². The van der Waals surface area contributed by atoms with Crippen molar-refractivity contribution in [1.82, 2.24) is 15.5 Å². The lowest BCUT2D eigenvalue weighted by molar-refractivity contribution is -0.144. The highest BCUT2D eigenvalue weighted by Gasteiger charge is 2.24. The minimum Gasteiger partial charge on any atom is -0.480 e. The molecule has 11 nitrogen and oxygen atoms in total. The van der Waals surface area contributed by atoms with E-state index in [1.165, 1.54) is 18.2 Å². The Kier molecular flexibility index (Phi) is 9.37. The molecular weight excluding hydrogens is 374 g/mol. The van der Waals surface area contributed by atoms with Crippen LogP contribution in [0.2, 0.25) is 0 Å². The van der Waals surface area contributed by atoms with Gasteiger partial charge in [-0.05, 0) is 12.5 Å². The van der Waals surface area contributed by atoms with Gasteiger partial charge in [0.2, 0.25) is 17.7 Å². The number of aliphatic hydroxyl groups is 1. The van der Waals surface area contributed by atoms with Gasteiger partial charge in [0.05, 0.1) is 6.54 Å². The van der Waals surface area contributed by atoms with Crippen molar-refractivity contribution >= 4 is 29.7 Å². The largest absolute Gasteiger partial charge is 0.480 e. The third-order valence-corrected chi connectivity index (χ3v) is 3.67. The third-order valence-electron chi connectivity index (χ3n) is 3.67. The number of carbonyl (C=O) groups is 5. The first-order valence-corrected chi connectivity index (χ1v) is 8.46. The number of carboxylic acids is 1. The molecule has 3 amide bonds. The van der Waals surface area contributed by atoms with Gasteiger partial charge >= 0.3 is 11.9 Å². The van der Waals surface area contributed by atoms with Crippen LogP contribution in [0.3, 0.4) is 0 Å². The van der Waals surface area contributed by atoms with Gasteiger partial charge in [0.25, 0.3) is 0 Å². The van der Waals surface area contributed by atoms with Gasteiger partial charge in [-0.15, -0.1) is 0 Å². The molecule has 1 unspecified atom stereocenters. The number of nitrogens with zero attached hydrogens (tertiary/aromatic N) is 1. The fraction of sp³-hybridized carbons (Fsp3) is 0.471. The van der Waals surface area contributed by atoms with E-state index in [-0.39, 0.29) is 32.4 Å². The Labute approximate surface area is 161 Å². The van der Waals surface area contributed by atoms with Gasteiger partial charge in [-0.1, -0.05) is 12.7 Å². The predicted octanol–water partition coefficient (Wildman–Crippen LogP) is -1.71. The number of nitrogens with one attached hydrogen (secondary N) is 2. The smallest absolute Gasteiger partial charge is 0.326 e. The molecule has 0 fully saturated rings. The molecule has 0 saturated heterocycles. The Morgan fingerprint density at radius 1 is 1.29 bits per heavy atom. The first-order chi connectivity index (χ1) is 13.2. The normalized spacial score (nSPS) is 16.4. The van der Waals surface area contributed by atoms with Crippen LogP contribution in [0.15, 0.2) is 24.8 Å². The fourth-order valence-corrected chi connectivity index (χ4v) is 2.22.